The van der Waals surface area contributed by atoms with E-state index in [-0.39, 0.29) is 18.1 Å². The lowest BCUT2D eigenvalue weighted by molar-refractivity contribution is -0.127. The summed E-state index contributed by atoms with van der Waals surface area (Å²) in [6.07, 6.45) is 1.59. The van der Waals surface area contributed by atoms with Gasteiger partial charge in [0, 0.05) is 26.3 Å². The third kappa shape index (κ3) is 6.33. The molecule has 1 heterocycles. The highest BCUT2D eigenvalue weighted by molar-refractivity contribution is 9.10. The van der Waals surface area contributed by atoms with E-state index in [0.717, 1.165) is 32.3 Å². The van der Waals surface area contributed by atoms with Gasteiger partial charge < -0.3 is 10.1 Å². The van der Waals surface area contributed by atoms with Gasteiger partial charge in [-0.25, -0.2) is 0 Å². The number of anilines is 1. The zero-order valence-electron chi connectivity index (χ0n) is 18.6. The van der Waals surface area contributed by atoms with Crippen molar-refractivity contribution in [2.24, 2.45) is 0 Å². The Balaban J connectivity index is 1.49. The molecule has 1 fully saturated rings. The summed E-state index contributed by atoms with van der Waals surface area (Å²) in [4.78, 5) is 39.1. The number of aryl methyl sites for hydroxylation is 1. The Kier molecular flexibility index (Phi) is 7.95. The number of benzene rings is 3. The number of amides is 3. The summed E-state index contributed by atoms with van der Waals surface area (Å²) in [5, 5.41) is 2.81. The molecule has 1 saturated heterocycles. The van der Waals surface area contributed by atoms with Crippen molar-refractivity contribution in [1.82, 2.24) is 4.90 Å². The van der Waals surface area contributed by atoms with E-state index in [1.807, 2.05) is 49.4 Å². The molecular formula is C26H20BrClN2O4S. The molecule has 0 spiro atoms. The van der Waals surface area contributed by atoms with Crippen LogP contribution >= 0.6 is 39.3 Å². The fourth-order valence-corrected chi connectivity index (χ4v) is 4.78. The average Bonchev–Trinajstić information content (AvgIpc) is 3.07. The molecule has 9 heteroatoms. The zero-order chi connectivity index (χ0) is 24.9. The van der Waals surface area contributed by atoms with Crippen LogP contribution in [0.1, 0.15) is 16.7 Å². The number of hydrogen-bond acceptors (Lipinski definition) is 5. The van der Waals surface area contributed by atoms with Crippen molar-refractivity contribution in [2.75, 3.05) is 11.9 Å². The van der Waals surface area contributed by atoms with Crippen LogP contribution in [-0.2, 0) is 16.2 Å². The Hall–Kier alpha value is -3.07. The Morgan fingerprint density at radius 3 is 2.69 bits per heavy atom. The maximum absolute atomic E-state index is 12.9. The number of halogens is 2. The van der Waals surface area contributed by atoms with Gasteiger partial charge in [-0.15, -0.1) is 0 Å². The van der Waals surface area contributed by atoms with Gasteiger partial charge in [0.05, 0.1) is 4.91 Å². The molecule has 0 radical (unpaired) electrons. The van der Waals surface area contributed by atoms with Crippen molar-refractivity contribution in [3.05, 3.63) is 97.8 Å². The van der Waals surface area contributed by atoms with E-state index in [2.05, 4.69) is 21.2 Å². The van der Waals surface area contributed by atoms with Crippen molar-refractivity contribution in [3.8, 4) is 5.75 Å². The van der Waals surface area contributed by atoms with E-state index in [9.17, 15) is 14.4 Å². The fraction of sp³-hybridized carbons (Fsp3) is 0.115. The Labute approximate surface area is 220 Å². The SMILES string of the molecule is Cc1cccc(NC(=O)CN2C(=O)S/C(=C/c3cc(Br)ccc3OCc3ccccc3Cl)C2=O)c1. The first-order valence-electron chi connectivity index (χ1n) is 10.6. The van der Waals surface area contributed by atoms with E-state index >= 15 is 0 Å². The Morgan fingerprint density at radius 1 is 1.11 bits per heavy atom. The molecule has 1 aliphatic heterocycles. The third-order valence-corrected chi connectivity index (χ3v) is 6.85. The first kappa shape index (κ1) is 25.0. The van der Waals surface area contributed by atoms with Crippen LogP contribution in [-0.4, -0.2) is 28.5 Å². The topological polar surface area (TPSA) is 75.7 Å². The lowest BCUT2D eigenvalue weighted by Crippen LogP contribution is -2.36. The minimum atomic E-state index is -0.531. The lowest BCUT2D eigenvalue weighted by Gasteiger charge is -2.13. The molecule has 4 rings (SSSR count). The van der Waals surface area contributed by atoms with Gasteiger partial charge in [0.15, 0.2) is 0 Å². The van der Waals surface area contributed by atoms with Crippen molar-refractivity contribution < 1.29 is 19.1 Å². The van der Waals surface area contributed by atoms with Gasteiger partial charge in [0.2, 0.25) is 5.91 Å². The Bertz CT molecular complexity index is 1340. The average molecular weight is 572 g/mol. The minimum absolute atomic E-state index is 0.207. The van der Waals surface area contributed by atoms with Crippen LogP contribution in [0.2, 0.25) is 5.02 Å². The fourth-order valence-electron chi connectivity index (χ4n) is 3.38. The van der Waals surface area contributed by atoms with E-state index in [0.29, 0.717) is 22.0 Å². The molecule has 0 aliphatic carbocycles. The van der Waals surface area contributed by atoms with Crippen LogP contribution < -0.4 is 10.1 Å². The molecule has 0 unspecified atom stereocenters. The molecule has 0 bridgehead atoms. The molecule has 35 heavy (non-hydrogen) atoms. The van der Waals surface area contributed by atoms with E-state index in [1.165, 1.54) is 0 Å². The second-order valence-corrected chi connectivity index (χ2v) is 10.1. The highest BCUT2D eigenvalue weighted by Crippen LogP contribution is 2.35. The summed E-state index contributed by atoms with van der Waals surface area (Å²) in [6.45, 7) is 1.78. The first-order valence-corrected chi connectivity index (χ1v) is 12.6. The highest BCUT2D eigenvalue weighted by atomic mass is 79.9. The summed E-state index contributed by atoms with van der Waals surface area (Å²) in [6, 6.07) is 20.0. The smallest absolute Gasteiger partial charge is 0.294 e. The van der Waals surface area contributed by atoms with E-state index in [4.69, 9.17) is 16.3 Å². The zero-order valence-corrected chi connectivity index (χ0v) is 21.7. The number of carbonyl (C=O) groups excluding carboxylic acids is 3. The van der Waals surface area contributed by atoms with Crippen LogP contribution in [0.15, 0.2) is 76.1 Å². The van der Waals surface area contributed by atoms with Crippen molar-refractivity contribution in [1.29, 1.82) is 0 Å². The predicted molar refractivity (Wildman–Crippen MR) is 142 cm³/mol. The van der Waals surface area contributed by atoms with Gasteiger partial charge in [-0.1, -0.05) is 57.9 Å². The van der Waals surface area contributed by atoms with Crippen molar-refractivity contribution in [3.63, 3.8) is 0 Å². The predicted octanol–water partition coefficient (Wildman–Crippen LogP) is 6.66. The second kappa shape index (κ2) is 11.1. The third-order valence-electron chi connectivity index (χ3n) is 5.08. The summed E-state index contributed by atoms with van der Waals surface area (Å²) in [5.74, 6) is -0.459. The molecule has 6 nitrogen and oxygen atoms in total. The number of carbonyl (C=O) groups is 3. The molecule has 1 aliphatic rings. The largest absolute Gasteiger partial charge is 0.488 e. The first-order chi connectivity index (χ1) is 16.8. The maximum Gasteiger partial charge on any atom is 0.294 e. The molecular weight excluding hydrogens is 552 g/mol. The molecule has 1 N–H and O–H groups in total. The second-order valence-electron chi connectivity index (χ2n) is 7.75. The number of rotatable bonds is 7. The quantitative estimate of drug-likeness (QED) is 0.321. The van der Waals surface area contributed by atoms with Crippen LogP contribution in [0, 0.1) is 6.92 Å². The van der Waals surface area contributed by atoms with Gasteiger partial charge in [-0.3, -0.25) is 19.3 Å². The normalized spacial score (nSPS) is 14.5. The summed E-state index contributed by atoms with van der Waals surface area (Å²) < 4.78 is 6.75. The number of nitrogens with zero attached hydrogens (tertiary/aromatic N) is 1. The molecule has 0 atom stereocenters. The number of thioether (sulfide) groups is 1. The van der Waals surface area contributed by atoms with Gasteiger partial charge >= 0.3 is 0 Å². The number of imide groups is 1. The monoisotopic (exact) mass is 570 g/mol. The van der Waals surface area contributed by atoms with Crippen LogP contribution in [0.3, 0.4) is 0 Å². The lowest BCUT2D eigenvalue weighted by atomic mass is 10.1. The van der Waals surface area contributed by atoms with Gasteiger partial charge in [-0.05, 0) is 66.7 Å². The molecule has 3 amide bonds. The Morgan fingerprint density at radius 2 is 1.91 bits per heavy atom. The number of ether oxygens (including phenoxy) is 1. The van der Waals surface area contributed by atoms with E-state index < -0.39 is 17.1 Å². The molecule has 3 aromatic rings. The van der Waals surface area contributed by atoms with Crippen LogP contribution in [0.25, 0.3) is 6.08 Å². The number of hydrogen-bond donors (Lipinski definition) is 1. The molecule has 3 aromatic carbocycles. The van der Waals surface area contributed by atoms with E-state index in [1.54, 1.807) is 30.3 Å². The standard InChI is InChI=1S/C26H20BrClN2O4S/c1-16-5-4-7-20(11-16)29-24(31)14-30-25(32)23(35-26(30)33)13-18-12-19(27)9-10-22(18)34-15-17-6-2-3-8-21(17)28/h2-13H,14-15H2,1H3,(H,29,31)/b23-13+. The summed E-state index contributed by atoms with van der Waals surface area (Å²) in [5.41, 5.74) is 3.02. The maximum atomic E-state index is 12.9. The summed E-state index contributed by atoms with van der Waals surface area (Å²) in [7, 11) is 0. The van der Waals surface area contributed by atoms with Crippen LogP contribution in [0.5, 0.6) is 5.75 Å². The van der Waals surface area contributed by atoms with Crippen LogP contribution in [0.4, 0.5) is 10.5 Å². The van der Waals surface area contributed by atoms with Gasteiger partial charge in [0.1, 0.15) is 18.9 Å². The van der Waals surface area contributed by atoms with Crippen molar-refractivity contribution >= 4 is 68.1 Å². The molecule has 0 saturated carbocycles. The highest BCUT2D eigenvalue weighted by Gasteiger charge is 2.36. The minimum Gasteiger partial charge on any atom is -0.488 e. The number of nitrogens with one attached hydrogen (secondary N) is 1. The summed E-state index contributed by atoms with van der Waals surface area (Å²) >= 11 is 10.4. The van der Waals surface area contributed by atoms with Crippen molar-refractivity contribution in [2.45, 2.75) is 13.5 Å². The molecule has 178 valence electrons. The van der Waals surface area contributed by atoms with Gasteiger partial charge in [-0.2, -0.15) is 0 Å². The van der Waals surface area contributed by atoms with Gasteiger partial charge in [0.25, 0.3) is 11.1 Å². The molecule has 0 aromatic heterocycles.